The number of thiocarbonyl (C=S) groups is 1. The summed E-state index contributed by atoms with van der Waals surface area (Å²) < 4.78 is 11.6. The largest absolute Gasteiger partial charge is 0.480 e. The van der Waals surface area contributed by atoms with E-state index in [1.807, 2.05) is 26.0 Å². The molecule has 0 spiro atoms. The van der Waals surface area contributed by atoms with Gasteiger partial charge in [0.25, 0.3) is 0 Å². The van der Waals surface area contributed by atoms with Gasteiger partial charge < -0.3 is 9.47 Å². The maximum atomic E-state index is 11.9. The van der Waals surface area contributed by atoms with E-state index in [1.165, 1.54) is 5.57 Å². The quantitative estimate of drug-likeness (QED) is 0.427. The Hall–Kier alpha value is -1.16. The Morgan fingerprint density at radius 2 is 2.17 bits per heavy atom. The number of hydrogen-bond donors (Lipinski definition) is 0. The molecular formula is C19H26O3S. The van der Waals surface area contributed by atoms with Crippen molar-refractivity contribution in [3.8, 4) is 0 Å². The second-order valence-corrected chi connectivity index (χ2v) is 7.90. The van der Waals surface area contributed by atoms with Crippen LogP contribution in [-0.4, -0.2) is 23.2 Å². The highest BCUT2D eigenvalue weighted by Gasteiger charge is 2.53. The number of esters is 1. The van der Waals surface area contributed by atoms with Crippen LogP contribution in [0.1, 0.15) is 53.4 Å². The number of carbonyl (C=O) groups is 1. The molecule has 1 heterocycles. The molecule has 0 radical (unpaired) electrons. The fraction of sp³-hybridized carbons (Fsp3) is 0.684. The van der Waals surface area contributed by atoms with Crippen LogP contribution in [0.5, 0.6) is 0 Å². The summed E-state index contributed by atoms with van der Waals surface area (Å²) in [5, 5.41) is 0.579. The highest BCUT2D eigenvalue weighted by Crippen LogP contribution is 2.57. The molecule has 0 aromatic carbocycles. The van der Waals surface area contributed by atoms with Gasteiger partial charge >= 0.3 is 5.97 Å². The molecule has 2 aliphatic carbocycles. The number of ether oxygens (including phenoxy) is 2. The minimum atomic E-state index is -0.123. The molecule has 3 rings (SSSR count). The van der Waals surface area contributed by atoms with Gasteiger partial charge in [0.1, 0.15) is 12.2 Å². The molecule has 0 bridgehead atoms. The van der Waals surface area contributed by atoms with Crippen molar-refractivity contribution in [3.63, 3.8) is 0 Å². The first kappa shape index (κ1) is 16.7. The normalized spacial score (nSPS) is 39.9. The molecule has 1 aliphatic heterocycles. The third-order valence-corrected chi connectivity index (χ3v) is 6.63. The molecular weight excluding hydrogens is 308 g/mol. The summed E-state index contributed by atoms with van der Waals surface area (Å²) in [4.78, 5) is 11.9. The molecule has 2 saturated carbocycles. The van der Waals surface area contributed by atoms with E-state index in [9.17, 15) is 4.79 Å². The smallest absolute Gasteiger partial charge is 0.334 e. The standard InChI is InChI=1S/C19H26O3S/c1-5-6-17(23)21-15-8-7-13-9-16-14(11(2)18(20)22-16)10-19(13,4)12(15)3/h5-6,12-13,15-16H,7-10H2,1-4H3/b6-5+/t12-,13+,15+,16+,19+/m0/s1. The zero-order chi connectivity index (χ0) is 16.8. The first-order valence-corrected chi connectivity index (χ1v) is 9.01. The highest BCUT2D eigenvalue weighted by molar-refractivity contribution is 7.80. The maximum absolute atomic E-state index is 11.9. The lowest BCUT2D eigenvalue weighted by Gasteiger charge is -2.53. The van der Waals surface area contributed by atoms with Crippen LogP contribution in [0.2, 0.25) is 0 Å². The first-order valence-electron chi connectivity index (χ1n) is 8.60. The summed E-state index contributed by atoms with van der Waals surface area (Å²) in [6.07, 6.45) is 8.00. The summed E-state index contributed by atoms with van der Waals surface area (Å²) in [7, 11) is 0. The van der Waals surface area contributed by atoms with Crippen molar-refractivity contribution in [1.82, 2.24) is 0 Å². The third-order valence-electron chi connectivity index (χ3n) is 6.40. The van der Waals surface area contributed by atoms with Crippen molar-refractivity contribution < 1.29 is 14.3 Å². The second kappa shape index (κ2) is 6.04. The molecule has 0 saturated heterocycles. The first-order chi connectivity index (χ1) is 10.9. The number of rotatable bonds is 2. The third kappa shape index (κ3) is 2.75. The molecule has 4 heteroatoms. The van der Waals surface area contributed by atoms with Crippen LogP contribution in [0.25, 0.3) is 0 Å². The van der Waals surface area contributed by atoms with Gasteiger partial charge in [0, 0.05) is 5.57 Å². The molecule has 0 aromatic rings. The van der Waals surface area contributed by atoms with E-state index >= 15 is 0 Å². The van der Waals surface area contributed by atoms with Crippen LogP contribution in [0.15, 0.2) is 23.3 Å². The average molecular weight is 334 g/mol. The lowest BCUT2D eigenvalue weighted by atomic mass is 9.53. The molecule has 0 aromatic heterocycles. The van der Waals surface area contributed by atoms with Crippen molar-refractivity contribution in [3.05, 3.63) is 23.3 Å². The van der Waals surface area contributed by atoms with Gasteiger partial charge in [-0.1, -0.05) is 19.9 Å². The molecule has 3 aliphatic rings. The van der Waals surface area contributed by atoms with E-state index in [0.29, 0.717) is 16.9 Å². The molecule has 2 fully saturated rings. The Labute approximate surface area is 144 Å². The Balaban J connectivity index is 1.82. The lowest BCUT2D eigenvalue weighted by Crippen LogP contribution is -2.50. The van der Waals surface area contributed by atoms with Crippen molar-refractivity contribution in [2.24, 2.45) is 17.3 Å². The highest BCUT2D eigenvalue weighted by atomic mass is 32.1. The average Bonchev–Trinajstić information content (AvgIpc) is 2.76. The van der Waals surface area contributed by atoms with Crippen LogP contribution >= 0.6 is 12.2 Å². The number of carbonyl (C=O) groups excluding carboxylic acids is 1. The van der Waals surface area contributed by atoms with Gasteiger partial charge in [-0.25, -0.2) is 4.79 Å². The van der Waals surface area contributed by atoms with Gasteiger partial charge in [0.15, 0.2) is 5.05 Å². The summed E-state index contributed by atoms with van der Waals surface area (Å²) in [6, 6.07) is 0. The molecule has 0 unspecified atom stereocenters. The van der Waals surface area contributed by atoms with Crippen LogP contribution < -0.4 is 0 Å². The summed E-state index contributed by atoms with van der Waals surface area (Å²) in [5.74, 6) is 0.864. The molecule has 5 atom stereocenters. The van der Waals surface area contributed by atoms with Gasteiger partial charge in [0.2, 0.25) is 0 Å². The van der Waals surface area contributed by atoms with Gasteiger partial charge in [-0.3, -0.25) is 0 Å². The second-order valence-electron chi connectivity index (χ2n) is 7.50. The Kier molecular flexibility index (Phi) is 4.39. The number of hydrogen-bond acceptors (Lipinski definition) is 4. The Morgan fingerprint density at radius 3 is 2.87 bits per heavy atom. The molecule has 0 N–H and O–H groups in total. The predicted octanol–water partition coefficient (Wildman–Crippen LogP) is 4.36. The molecule has 126 valence electrons. The van der Waals surface area contributed by atoms with E-state index in [2.05, 4.69) is 13.8 Å². The maximum Gasteiger partial charge on any atom is 0.334 e. The minimum Gasteiger partial charge on any atom is -0.480 e. The van der Waals surface area contributed by atoms with Crippen molar-refractivity contribution in [1.29, 1.82) is 0 Å². The van der Waals surface area contributed by atoms with Crippen LogP contribution in [0.3, 0.4) is 0 Å². The monoisotopic (exact) mass is 334 g/mol. The van der Waals surface area contributed by atoms with Crippen molar-refractivity contribution >= 4 is 23.2 Å². The van der Waals surface area contributed by atoms with Gasteiger partial charge in [-0.2, -0.15) is 0 Å². The van der Waals surface area contributed by atoms with E-state index in [0.717, 1.165) is 31.3 Å². The number of allylic oxidation sites excluding steroid dienone is 1. The lowest BCUT2D eigenvalue weighted by molar-refractivity contribution is -0.143. The molecule has 3 nitrogen and oxygen atoms in total. The zero-order valence-electron chi connectivity index (χ0n) is 14.4. The van der Waals surface area contributed by atoms with E-state index in [1.54, 1.807) is 0 Å². The summed E-state index contributed by atoms with van der Waals surface area (Å²) in [5.41, 5.74) is 2.20. The topological polar surface area (TPSA) is 35.5 Å². The summed E-state index contributed by atoms with van der Waals surface area (Å²) >= 11 is 5.30. The predicted molar refractivity (Wildman–Crippen MR) is 94.1 cm³/mol. The van der Waals surface area contributed by atoms with E-state index in [4.69, 9.17) is 21.7 Å². The fourth-order valence-corrected chi connectivity index (χ4v) is 4.95. The van der Waals surface area contributed by atoms with Gasteiger partial charge in [0.05, 0.1) is 0 Å². The van der Waals surface area contributed by atoms with Gasteiger partial charge in [-0.15, -0.1) is 0 Å². The van der Waals surface area contributed by atoms with Crippen LogP contribution in [0.4, 0.5) is 0 Å². The van der Waals surface area contributed by atoms with Crippen LogP contribution in [-0.2, 0) is 14.3 Å². The Morgan fingerprint density at radius 1 is 1.43 bits per heavy atom. The van der Waals surface area contributed by atoms with Crippen molar-refractivity contribution in [2.75, 3.05) is 0 Å². The zero-order valence-corrected chi connectivity index (χ0v) is 15.2. The number of fused-ring (bicyclic) bond motifs is 2. The van der Waals surface area contributed by atoms with Gasteiger partial charge in [-0.05, 0) is 80.6 Å². The minimum absolute atomic E-state index is 0.0225. The molecule has 23 heavy (non-hydrogen) atoms. The fourth-order valence-electron chi connectivity index (χ4n) is 4.69. The van der Waals surface area contributed by atoms with Crippen molar-refractivity contribution in [2.45, 2.75) is 65.6 Å². The Bertz CT molecular complexity index is 591. The van der Waals surface area contributed by atoms with Crippen LogP contribution in [0, 0.1) is 17.3 Å². The van der Waals surface area contributed by atoms with E-state index < -0.39 is 0 Å². The summed E-state index contributed by atoms with van der Waals surface area (Å²) in [6.45, 7) is 8.49. The SMILES string of the molecule is C/C=C/C(=S)O[C@@H]1CC[C@@H]2C[C@H]3OC(=O)C(C)=C3C[C@]2(C)[C@H]1C. The van der Waals surface area contributed by atoms with E-state index in [-0.39, 0.29) is 23.6 Å². The molecule has 0 amide bonds.